The maximum Gasteiger partial charge on any atom is 0.231 e. The molecule has 2 aromatic carbocycles. The Morgan fingerprint density at radius 2 is 1.79 bits per heavy atom. The van der Waals surface area contributed by atoms with Gasteiger partial charge in [-0.2, -0.15) is 0 Å². The van der Waals surface area contributed by atoms with Gasteiger partial charge in [0.05, 0.1) is 6.04 Å². The Balaban J connectivity index is 0.00000225. The number of halogens is 1. The first-order chi connectivity index (χ1) is 13.3. The number of aryl methyl sites for hydroxylation is 1. The molecular weight excluding hydrogens is 376 g/mol. The van der Waals surface area contributed by atoms with Crippen LogP contribution in [0, 0.1) is 0 Å². The summed E-state index contributed by atoms with van der Waals surface area (Å²) in [6.07, 6.45) is 3.70. The van der Waals surface area contributed by atoms with E-state index in [2.05, 4.69) is 34.5 Å². The van der Waals surface area contributed by atoms with Gasteiger partial charge in [0.2, 0.25) is 12.7 Å². The van der Waals surface area contributed by atoms with Gasteiger partial charge in [-0.1, -0.05) is 36.4 Å². The number of benzene rings is 2. The number of hydrogen-bond donors (Lipinski definition) is 1. The fourth-order valence-electron chi connectivity index (χ4n) is 3.83. The number of ether oxygens (including phenoxy) is 2. The van der Waals surface area contributed by atoms with Crippen molar-refractivity contribution in [3.05, 3.63) is 59.7 Å². The molecule has 150 valence electrons. The Morgan fingerprint density at radius 3 is 2.57 bits per heavy atom. The van der Waals surface area contributed by atoms with E-state index in [9.17, 15) is 4.79 Å². The van der Waals surface area contributed by atoms with Gasteiger partial charge in [0, 0.05) is 13.0 Å². The lowest BCUT2D eigenvalue weighted by Crippen LogP contribution is -2.36. The number of nitrogens with one attached hydrogen (secondary N) is 1. The molecule has 0 radical (unpaired) electrons. The molecule has 1 amide bonds. The smallest absolute Gasteiger partial charge is 0.231 e. The molecule has 6 heteroatoms. The van der Waals surface area contributed by atoms with Gasteiger partial charge in [-0.05, 0) is 55.6 Å². The molecule has 1 N–H and O–H groups in total. The molecule has 0 aliphatic carbocycles. The summed E-state index contributed by atoms with van der Waals surface area (Å²) in [6, 6.07) is 16.4. The second kappa shape index (κ2) is 9.80. The van der Waals surface area contributed by atoms with E-state index in [0.29, 0.717) is 13.0 Å². The van der Waals surface area contributed by atoms with Gasteiger partial charge in [-0.3, -0.25) is 9.69 Å². The van der Waals surface area contributed by atoms with E-state index in [1.807, 2.05) is 24.3 Å². The summed E-state index contributed by atoms with van der Waals surface area (Å²) in [5.74, 6) is 1.70. The van der Waals surface area contributed by atoms with Gasteiger partial charge in [0.15, 0.2) is 11.5 Å². The highest BCUT2D eigenvalue weighted by atomic mass is 35.5. The first kappa shape index (κ1) is 20.5. The fraction of sp³-hybridized carbons (Fsp3) is 0.409. The van der Waals surface area contributed by atoms with Crippen LogP contribution in [0.15, 0.2) is 48.5 Å². The van der Waals surface area contributed by atoms with Crippen molar-refractivity contribution >= 4 is 18.3 Å². The highest BCUT2D eigenvalue weighted by molar-refractivity contribution is 5.85. The number of fused-ring (bicyclic) bond motifs is 1. The Kier molecular flexibility index (Phi) is 7.18. The quantitative estimate of drug-likeness (QED) is 0.766. The van der Waals surface area contributed by atoms with E-state index in [1.165, 1.54) is 24.0 Å². The molecule has 1 unspecified atom stereocenters. The number of carbonyl (C=O) groups is 1. The van der Waals surface area contributed by atoms with E-state index in [0.717, 1.165) is 31.0 Å². The lowest BCUT2D eigenvalue weighted by Gasteiger charge is -2.28. The van der Waals surface area contributed by atoms with Crippen molar-refractivity contribution in [1.82, 2.24) is 10.2 Å². The largest absolute Gasteiger partial charge is 0.454 e. The zero-order valence-corrected chi connectivity index (χ0v) is 16.7. The minimum Gasteiger partial charge on any atom is -0.454 e. The second-order valence-electron chi connectivity index (χ2n) is 7.16. The first-order valence-electron chi connectivity index (χ1n) is 9.74. The molecule has 5 nitrogen and oxygen atoms in total. The van der Waals surface area contributed by atoms with Crippen LogP contribution in [0.5, 0.6) is 11.5 Å². The maximum absolute atomic E-state index is 12.4. The summed E-state index contributed by atoms with van der Waals surface area (Å²) in [5, 5.41) is 3.14. The highest BCUT2D eigenvalue weighted by Crippen LogP contribution is 2.36. The van der Waals surface area contributed by atoms with Crippen molar-refractivity contribution in [3.8, 4) is 11.5 Å². The van der Waals surface area contributed by atoms with Crippen molar-refractivity contribution in [1.29, 1.82) is 0 Å². The average Bonchev–Trinajstić information content (AvgIpc) is 3.39. The third-order valence-corrected chi connectivity index (χ3v) is 5.34. The van der Waals surface area contributed by atoms with E-state index in [4.69, 9.17) is 9.47 Å². The maximum atomic E-state index is 12.4. The average molecular weight is 403 g/mol. The molecule has 0 aromatic heterocycles. The number of likely N-dealkylation sites (tertiary alicyclic amines) is 1. The summed E-state index contributed by atoms with van der Waals surface area (Å²) in [4.78, 5) is 14.8. The number of hydrogen-bond acceptors (Lipinski definition) is 4. The molecule has 0 bridgehead atoms. The Labute approximate surface area is 172 Å². The second-order valence-corrected chi connectivity index (χ2v) is 7.16. The van der Waals surface area contributed by atoms with Crippen molar-refractivity contribution < 1.29 is 14.3 Å². The van der Waals surface area contributed by atoms with Gasteiger partial charge in [0.1, 0.15) is 0 Å². The minimum atomic E-state index is 0. The van der Waals surface area contributed by atoms with Gasteiger partial charge in [-0.15, -0.1) is 12.4 Å². The Morgan fingerprint density at radius 1 is 1.04 bits per heavy atom. The normalized spacial score (nSPS) is 16.4. The highest BCUT2D eigenvalue weighted by Gasteiger charge is 2.26. The fourth-order valence-corrected chi connectivity index (χ4v) is 3.83. The van der Waals surface area contributed by atoms with E-state index in [1.54, 1.807) is 0 Å². The van der Waals surface area contributed by atoms with Crippen LogP contribution in [0.4, 0.5) is 0 Å². The van der Waals surface area contributed by atoms with Crippen LogP contribution in [-0.4, -0.2) is 37.2 Å². The molecule has 1 saturated heterocycles. The summed E-state index contributed by atoms with van der Waals surface area (Å²) in [5.41, 5.74) is 2.36. The van der Waals surface area contributed by atoms with Crippen LogP contribution >= 0.6 is 12.4 Å². The molecule has 0 saturated carbocycles. The van der Waals surface area contributed by atoms with Crippen molar-refractivity contribution in [2.45, 2.75) is 31.7 Å². The first-order valence-corrected chi connectivity index (χ1v) is 9.74. The van der Waals surface area contributed by atoms with Gasteiger partial charge >= 0.3 is 0 Å². The number of nitrogens with zero attached hydrogens (tertiary/aromatic N) is 1. The van der Waals surface area contributed by atoms with Crippen molar-refractivity contribution in [2.24, 2.45) is 0 Å². The van der Waals surface area contributed by atoms with E-state index < -0.39 is 0 Å². The topological polar surface area (TPSA) is 50.8 Å². The predicted molar refractivity (Wildman–Crippen MR) is 111 cm³/mol. The molecule has 2 aromatic rings. The van der Waals surface area contributed by atoms with Crippen LogP contribution in [0.3, 0.4) is 0 Å². The third-order valence-electron chi connectivity index (χ3n) is 5.34. The Bertz CT molecular complexity index is 779. The summed E-state index contributed by atoms with van der Waals surface area (Å²) >= 11 is 0. The lowest BCUT2D eigenvalue weighted by molar-refractivity contribution is -0.121. The summed E-state index contributed by atoms with van der Waals surface area (Å²) < 4.78 is 11.0. The number of rotatable bonds is 7. The zero-order valence-electron chi connectivity index (χ0n) is 15.9. The predicted octanol–water partition coefficient (Wildman–Crippen LogP) is 3.72. The number of amides is 1. The standard InChI is InChI=1S/C22H26N2O3.ClH/c25-22(11-8-17-6-2-1-3-7-17)23-15-19(24-12-4-5-13-24)18-9-10-20-21(14-18)27-16-26-20;/h1-3,6-7,9-10,14,19H,4-5,8,11-13,15-16H2,(H,23,25);1H. The molecule has 1 fully saturated rings. The van der Waals surface area contributed by atoms with E-state index >= 15 is 0 Å². The van der Waals surface area contributed by atoms with Crippen molar-refractivity contribution in [2.75, 3.05) is 26.4 Å². The number of carbonyl (C=O) groups excluding carboxylic acids is 1. The summed E-state index contributed by atoms with van der Waals surface area (Å²) in [6.45, 7) is 3.04. The van der Waals surface area contributed by atoms with Crippen LogP contribution in [-0.2, 0) is 11.2 Å². The minimum absolute atomic E-state index is 0. The van der Waals surface area contributed by atoms with Crippen LogP contribution in [0.2, 0.25) is 0 Å². The monoisotopic (exact) mass is 402 g/mol. The molecular formula is C22H27ClN2O3. The lowest BCUT2D eigenvalue weighted by atomic mass is 10.0. The molecule has 2 heterocycles. The SMILES string of the molecule is Cl.O=C(CCc1ccccc1)NCC(c1ccc2c(c1)OCO2)N1CCCC1. The zero-order chi connectivity index (χ0) is 18.5. The molecule has 2 aliphatic rings. The summed E-state index contributed by atoms with van der Waals surface area (Å²) in [7, 11) is 0. The molecule has 2 aliphatic heterocycles. The van der Waals surface area contributed by atoms with Gasteiger partial charge < -0.3 is 14.8 Å². The third kappa shape index (κ3) is 4.97. The van der Waals surface area contributed by atoms with Crippen LogP contribution < -0.4 is 14.8 Å². The molecule has 0 spiro atoms. The van der Waals surface area contributed by atoms with E-state index in [-0.39, 0.29) is 31.1 Å². The van der Waals surface area contributed by atoms with Gasteiger partial charge in [-0.25, -0.2) is 0 Å². The molecule has 28 heavy (non-hydrogen) atoms. The van der Waals surface area contributed by atoms with Crippen LogP contribution in [0.1, 0.15) is 36.4 Å². The molecule has 1 atom stereocenters. The van der Waals surface area contributed by atoms with Gasteiger partial charge in [0.25, 0.3) is 0 Å². The Hall–Kier alpha value is -2.24. The van der Waals surface area contributed by atoms with Crippen LogP contribution in [0.25, 0.3) is 0 Å². The molecule has 4 rings (SSSR count). The van der Waals surface area contributed by atoms with Crippen molar-refractivity contribution in [3.63, 3.8) is 0 Å².